The molecule has 1 fully saturated rings. The SMILES string of the molecule is COc1ccc(S(=O)(=O)N(C)C2CCC2)cc1N. The van der Waals surface area contributed by atoms with Crippen molar-refractivity contribution in [1.29, 1.82) is 0 Å². The number of nitrogen functional groups attached to an aromatic ring is 1. The Morgan fingerprint density at radius 1 is 1.39 bits per heavy atom. The largest absolute Gasteiger partial charge is 0.495 e. The first-order chi connectivity index (χ1) is 8.46. The number of rotatable bonds is 4. The van der Waals surface area contributed by atoms with E-state index in [1.807, 2.05) is 0 Å². The summed E-state index contributed by atoms with van der Waals surface area (Å²) in [5.41, 5.74) is 6.08. The van der Waals surface area contributed by atoms with Gasteiger partial charge >= 0.3 is 0 Å². The minimum atomic E-state index is -3.45. The second kappa shape index (κ2) is 4.78. The molecule has 0 spiro atoms. The van der Waals surface area contributed by atoms with Crippen LogP contribution in [0.3, 0.4) is 0 Å². The summed E-state index contributed by atoms with van der Waals surface area (Å²) >= 11 is 0. The highest BCUT2D eigenvalue weighted by molar-refractivity contribution is 7.89. The number of nitrogens with zero attached hydrogens (tertiary/aromatic N) is 1. The van der Waals surface area contributed by atoms with Gasteiger partial charge in [0.25, 0.3) is 0 Å². The van der Waals surface area contributed by atoms with E-state index in [1.54, 1.807) is 13.1 Å². The van der Waals surface area contributed by atoms with E-state index in [0.29, 0.717) is 11.4 Å². The number of methoxy groups -OCH3 is 1. The Morgan fingerprint density at radius 3 is 2.50 bits per heavy atom. The molecule has 2 rings (SSSR count). The Hall–Kier alpha value is -1.27. The normalized spacial score (nSPS) is 16.6. The van der Waals surface area contributed by atoms with E-state index >= 15 is 0 Å². The molecular formula is C12H18N2O3S. The molecule has 1 aliphatic rings. The van der Waals surface area contributed by atoms with Crippen LogP contribution in [0.2, 0.25) is 0 Å². The highest BCUT2D eigenvalue weighted by Gasteiger charge is 2.31. The molecule has 1 aromatic rings. The van der Waals surface area contributed by atoms with Crippen LogP contribution in [0.5, 0.6) is 5.75 Å². The third-order valence-electron chi connectivity index (χ3n) is 3.47. The summed E-state index contributed by atoms with van der Waals surface area (Å²) in [7, 11) is -0.324. The monoisotopic (exact) mass is 270 g/mol. The van der Waals surface area contributed by atoms with Crippen LogP contribution >= 0.6 is 0 Å². The Morgan fingerprint density at radius 2 is 2.06 bits per heavy atom. The molecule has 5 nitrogen and oxygen atoms in total. The van der Waals surface area contributed by atoms with E-state index in [2.05, 4.69) is 0 Å². The molecule has 0 unspecified atom stereocenters. The molecule has 1 aliphatic carbocycles. The van der Waals surface area contributed by atoms with E-state index in [1.165, 1.54) is 23.5 Å². The second-order valence-corrected chi connectivity index (χ2v) is 6.51. The predicted molar refractivity (Wildman–Crippen MR) is 70.0 cm³/mol. The van der Waals surface area contributed by atoms with Gasteiger partial charge in [-0.05, 0) is 31.0 Å². The molecule has 1 saturated carbocycles. The molecule has 1 aromatic carbocycles. The summed E-state index contributed by atoms with van der Waals surface area (Å²) < 4.78 is 31.2. The zero-order valence-corrected chi connectivity index (χ0v) is 11.4. The van der Waals surface area contributed by atoms with Crippen LogP contribution in [0, 0.1) is 0 Å². The van der Waals surface area contributed by atoms with Gasteiger partial charge in [-0.15, -0.1) is 0 Å². The van der Waals surface area contributed by atoms with Gasteiger partial charge in [0.2, 0.25) is 10.0 Å². The Balaban J connectivity index is 2.31. The maximum absolute atomic E-state index is 12.3. The van der Waals surface area contributed by atoms with Gasteiger partial charge in [-0.1, -0.05) is 6.42 Å². The average Bonchev–Trinajstić information content (AvgIpc) is 2.26. The molecule has 0 atom stereocenters. The van der Waals surface area contributed by atoms with Crippen molar-refractivity contribution in [3.05, 3.63) is 18.2 Å². The third-order valence-corrected chi connectivity index (χ3v) is 5.37. The molecule has 0 saturated heterocycles. The molecule has 2 N–H and O–H groups in total. The summed E-state index contributed by atoms with van der Waals surface area (Å²) in [5, 5.41) is 0. The second-order valence-electron chi connectivity index (χ2n) is 4.51. The van der Waals surface area contributed by atoms with E-state index in [9.17, 15) is 8.42 Å². The quantitative estimate of drug-likeness (QED) is 0.840. The Bertz CT molecular complexity index is 538. The predicted octanol–water partition coefficient (Wildman–Crippen LogP) is 1.45. The highest BCUT2D eigenvalue weighted by Crippen LogP contribution is 2.30. The Kier molecular flexibility index (Phi) is 3.49. The smallest absolute Gasteiger partial charge is 0.243 e. The minimum Gasteiger partial charge on any atom is -0.495 e. The van der Waals surface area contributed by atoms with Crippen molar-refractivity contribution >= 4 is 15.7 Å². The van der Waals surface area contributed by atoms with Crippen molar-refractivity contribution in [3.63, 3.8) is 0 Å². The van der Waals surface area contributed by atoms with E-state index in [-0.39, 0.29) is 10.9 Å². The fraction of sp³-hybridized carbons (Fsp3) is 0.500. The zero-order valence-electron chi connectivity index (χ0n) is 10.6. The molecule has 0 radical (unpaired) electrons. The van der Waals surface area contributed by atoms with Gasteiger partial charge in [0, 0.05) is 13.1 Å². The maximum atomic E-state index is 12.3. The minimum absolute atomic E-state index is 0.123. The van der Waals surface area contributed by atoms with Gasteiger partial charge in [-0.2, -0.15) is 4.31 Å². The van der Waals surface area contributed by atoms with Crippen LogP contribution in [-0.2, 0) is 10.0 Å². The van der Waals surface area contributed by atoms with Crippen molar-refractivity contribution in [3.8, 4) is 5.75 Å². The number of ether oxygens (including phenoxy) is 1. The summed E-state index contributed by atoms with van der Waals surface area (Å²) in [6, 6.07) is 4.68. The van der Waals surface area contributed by atoms with Crippen molar-refractivity contribution in [2.24, 2.45) is 0 Å². The first-order valence-corrected chi connectivity index (χ1v) is 7.32. The van der Waals surface area contributed by atoms with Crippen LogP contribution in [0.15, 0.2) is 23.1 Å². The molecule has 6 heteroatoms. The van der Waals surface area contributed by atoms with Crippen LogP contribution in [-0.4, -0.2) is 32.9 Å². The van der Waals surface area contributed by atoms with Gasteiger partial charge in [0.1, 0.15) is 5.75 Å². The lowest BCUT2D eigenvalue weighted by atomic mass is 9.94. The van der Waals surface area contributed by atoms with Gasteiger partial charge < -0.3 is 10.5 Å². The van der Waals surface area contributed by atoms with Crippen LogP contribution in [0.25, 0.3) is 0 Å². The lowest BCUT2D eigenvalue weighted by Gasteiger charge is -2.33. The lowest BCUT2D eigenvalue weighted by Crippen LogP contribution is -2.41. The number of nitrogens with two attached hydrogens (primary N) is 1. The fourth-order valence-electron chi connectivity index (χ4n) is 1.99. The molecule has 0 aliphatic heterocycles. The van der Waals surface area contributed by atoms with Crippen molar-refractivity contribution in [1.82, 2.24) is 4.31 Å². The molecule has 0 bridgehead atoms. The van der Waals surface area contributed by atoms with Crippen LogP contribution < -0.4 is 10.5 Å². The Labute approximate surface area is 108 Å². The van der Waals surface area contributed by atoms with Crippen molar-refractivity contribution in [2.75, 3.05) is 19.9 Å². The fourth-order valence-corrected chi connectivity index (χ4v) is 3.44. The van der Waals surface area contributed by atoms with Crippen molar-refractivity contribution in [2.45, 2.75) is 30.2 Å². The third kappa shape index (κ3) is 2.18. The molecule has 100 valence electrons. The summed E-state index contributed by atoms with van der Waals surface area (Å²) in [6.07, 6.45) is 2.96. The lowest BCUT2D eigenvalue weighted by molar-refractivity contribution is 0.249. The summed E-state index contributed by atoms with van der Waals surface area (Å²) in [5.74, 6) is 0.486. The van der Waals surface area contributed by atoms with Crippen LogP contribution in [0.1, 0.15) is 19.3 Å². The first-order valence-electron chi connectivity index (χ1n) is 5.88. The van der Waals surface area contributed by atoms with Gasteiger partial charge in [0.15, 0.2) is 0 Å². The number of anilines is 1. The van der Waals surface area contributed by atoms with Gasteiger partial charge in [-0.3, -0.25) is 0 Å². The van der Waals surface area contributed by atoms with E-state index < -0.39 is 10.0 Å². The summed E-state index contributed by atoms with van der Waals surface area (Å²) in [6.45, 7) is 0. The first kappa shape index (κ1) is 13.2. The molecule has 0 heterocycles. The molecule has 18 heavy (non-hydrogen) atoms. The summed E-state index contributed by atoms with van der Waals surface area (Å²) in [4.78, 5) is 0.218. The molecular weight excluding hydrogens is 252 g/mol. The van der Waals surface area contributed by atoms with Crippen molar-refractivity contribution < 1.29 is 13.2 Å². The number of benzene rings is 1. The number of sulfonamides is 1. The number of hydrogen-bond acceptors (Lipinski definition) is 4. The van der Waals surface area contributed by atoms with E-state index in [4.69, 9.17) is 10.5 Å². The standard InChI is InChI=1S/C12H18N2O3S/c1-14(9-4-3-5-9)18(15,16)10-6-7-12(17-2)11(13)8-10/h6-9H,3-5,13H2,1-2H3. The highest BCUT2D eigenvalue weighted by atomic mass is 32.2. The molecule has 0 amide bonds. The van der Waals surface area contributed by atoms with Crippen LogP contribution in [0.4, 0.5) is 5.69 Å². The zero-order chi connectivity index (χ0) is 13.3. The van der Waals surface area contributed by atoms with E-state index in [0.717, 1.165) is 19.3 Å². The maximum Gasteiger partial charge on any atom is 0.243 e. The van der Waals surface area contributed by atoms with Gasteiger partial charge in [0.05, 0.1) is 17.7 Å². The topological polar surface area (TPSA) is 72.6 Å². The molecule has 0 aromatic heterocycles. The van der Waals surface area contributed by atoms with Gasteiger partial charge in [-0.25, -0.2) is 8.42 Å². The average molecular weight is 270 g/mol. The number of hydrogen-bond donors (Lipinski definition) is 1.